The van der Waals surface area contributed by atoms with Gasteiger partial charge in [-0.15, -0.1) is 12.4 Å². The molecule has 0 bridgehead atoms. The van der Waals surface area contributed by atoms with Crippen LogP contribution in [0.25, 0.3) is 17.2 Å². The van der Waals surface area contributed by atoms with E-state index < -0.39 is 0 Å². The van der Waals surface area contributed by atoms with Crippen molar-refractivity contribution in [3.63, 3.8) is 0 Å². The van der Waals surface area contributed by atoms with Gasteiger partial charge in [-0.05, 0) is 13.0 Å². The van der Waals surface area contributed by atoms with Crippen LogP contribution in [0.2, 0.25) is 0 Å². The van der Waals surface area contributed by atoms with E-state index in [1.807, 2.05) is 43.3 Å². The van der Waals surface area contributed by atoms with Crippen molar-refractivity contribution in [3.05, 3.63) is 72.7 Å². The third-order valence-electron chi connectivity index (χ3n) is 4.41. The number of hydrogen-bond acceptors (Lipinski definition) is 7. The molecule has 31 heavy (non-hydrogen) atoms. The molecular weight excluding hydrogens is 418 g/mol. The zero-order valence-electron chi connectivity index (χ0n) is 16.8. The first-order chi connectivity index (χ1) is 14.6. The van der Waals surface area contributed by atoms with Gasteiger partial charge in [-0.2, -0.15) is 10.2 Å². The minimum absolute atomic E-state index is 0. The number of hydrogen-bond donors (Lipinski definition) is 2. The van der Waals surface area contributed by atoms with E-state index in [1.54, 1.807) is 28.0 Å². The predicted molar refractivity (Wildman–Crippen MR) is 116 cm³/mol. The van der Waals surface area contributed by atoms with Crippen LogP contribution in [0.3, 0.4) is 0 Å². The van der Waals surface area contributed by atoms with Crippen LogP contribution in [0.5, 0.6) is 0 Å². The number of amides is 1. The Morgan fingerprint density at radius 1 is 1.19 bits per heavy atom. The maximum atomic E-state index is 12.6. The zero-order chi connectivity index (χ0) is 20.9. The molecule has 1 atom stereocenters. The Morgan fingerprint density at radius 2 is 2.00 bits per heavy atom. The summed E-state index contributed by atoms with van der Waals surface area (Å²) in [6.07, 6.45) is 4.66. The highest BCUT2D eigenvalue weighted by Gasteiger charge is 2.17. The molecule has 0 aliphatic rings. The maximum absolute atomic E-state index is 12.6. The summed E-state index contributed by atoms with van der Waals surface area (Å²) < 4.78 is 3.10. The summed E-state index contributed by atoms with van der Waals surface area (Å²) in [4.78, 5) is 25.4. The fraction of sp³-hybridized carbons (Fsp3) is 0.200. The van der Waals surface area contributed by atoms with Crippen LogP contribution >= 0.6 is 12.4 Å². The Bertz CT molecular complexity index is 1130. The number of nitrogens with zero attached hydrogens (tertiary/aromatic N) is 7. The Kier molecular flexibility index (Phi) is 7.06. The summed E-state index contributed by atoms with van der Waals surface area (Å²) >= 11 is 0. The van der Waals surface area contributed by atoms with Crippen LogP contribution in [-0.2, 0) is 17.9 Å². The smallest absolute Gasteiger partial charge is 0.242 e. The van der Waals surface area contributed by atoms with E-state index in [0.717, 1.165) is 11.1 Å². The molecule has 10 nitrogen and oxygen atoms in total. The lowest BCUT2D eigenvalue weighted by Crippen LogP contribution is -2.29. The van der Waals surface area contributed by atoms with E-state index in [1.165, 1.54) is 6.33 Å². The average molecular weight is 440 g/mol. The van der Waals surface area contributed by atoms with Gasteiger partial charge in [-0.1, -0.05) is 36.4 Å². The van der Waals surface area contributed by atoms with Gasteiger partial charge in [0.1, 0.15) is 25.0 Å². The summed E-state index contributed by atoms with van der Waals surface area (Å²) in [6.45, 7) is 2.11. The second-order valence-corrected chi connectivity index (χ2v) is 6.71. The van der Waals surface area contributed by atoms with Crippen LogP contribution < -0.4 is 11.1 Å². The molecule has 4 rings (SSSR count). The number of benzene rings is 1. The van der Waals surface area contributed by atoms with E-state index in [2.05, 4.69) is 30.5 Å². The van der Waals surface area contributed by atoms with Crippen molar-refractivity contribution in [2.24, 2.45) is 5.73 Å². The van der Waals surface area contributed by atoms with Crippen molar-refractivity contribution >= 4 is 18.3 Å². The number of pyridine rings is 1. The van der Waals surface area contributed by atoms with Gasteiger partial charge in [-0.25, -0.2) is 24.3 Å². The molecule has 11 heteroatoms. The van der Waals surface area contributed by atoms with Gasteiger partial charge in [0, 0.05) is 23.9 Å². The molecule has 0 unspecified atom stereocenters. The summed E-state index contributed by atoms with van der Waals surface area (Å²) in [7, 11) is 0. The van der Waals surface area contributed by atoms with Gasteiger partial charge in [-0.3, -0.25) is 4.79 Å². The molecule has 0 saturated heterocycles. The SMILES string of the molecule is C[C@H](N)c1nc(-c2ccccc2)nn1CC(=O)NCc1cccnc1-n1cncn1.Cl. The van der Waals surface area contributed by atoms with Crippen molar-refractivity contribution in [1.82, 2.24) is 39.8 Å². The van der Waals surface area contributed by atoms with E-state index in [9.17, 15) is 4.79 Å². The van der Waals surface area contributed by atoms with Crippen LogP contribution in [0.15, 0.2) is 61.3 Å². The lowest BCUT2D eigenvalue weighted by atomic mass is 10.2. The number of carbonyl (C=O) groups excluding carboxylic acids is 1. The number of nitrogens with two attached hydrogens (primary N) is 1. The molecule has 160 valence electrons. The van der Waals surface area contributed by atoms with E-state index in [0.29, 0.717) is 17.5 Å². The molecule has 4 aromatic rings. The van der Waals surface area contributed by atoms with Gasteiger partial charge in [0.25, 0.3) is 0 Å². The second-order valence-electron chi connectivity index (χ2n) is 6.71. The van der Waals surface area contributed by atoms with Crippen molar-refractivity contribution in [3.8, 4) is 17.2 Å². The molecular formula is C20H22ClN9O. The minimum atomic E-state index is -0.361. The molecule has 3 N–H and O–H groups in total. The fourth-order valence-corrected chi connectivity index (χ4v) is 2.99. The van der Waals surface area contributed by atoms with Crippen LogP contribution in [0.1, 0.15) is 24.4 Å². The Balaban J connectivity index is 0.00000272. The highest BCUT2D eigenvalue weighted by molar-refractivity contribution is 5.85. The monoisotopic (exact) mass is 439 g/mol. The van der Waals surface area contributed by atoms with Crippen LogP contribution in [-0.4, -0.2) is 40.4 Å². The lowest BCUT2D eigenvalue weighted by Gasteiger charge is -2.11. The Labute approximate surface area is 185 Å². The third kappa shape index (κ3) is 5.11. The first-order valence-corrected chi connectivity index (χ1v) is 9.43. The topological polar surface area (TPSA) is 129 Å². The van der Waals surface area contributed by atoms with Crippen molar-refractivity contribution in [2.75, 3.05) is 0 Å². The predicted octanol–water partition coefficient (Wildman–Crippen LogP) is 1.68. The summed E-state index contributed by atoms with van der Waals surface area (Å²) in [5.74, 6) is 1.48. The van der Waals surface area contributed by atoms with Gasteiger partial charge in [0.2, 0.25) is 5.91 Å². The second kappa shape index (κ2) is 9.92. The molecule has 0 aliphatic carbocycles. The molecule has 1 amide bonds. The molecule has 0 saturated carbocycles. The number of nitrogens with one attached hydrogen (secondary N) is 1. The molecule has 1 aromatic carbocycles. The number of rotatable bonds is 7. The van der Waals surface area contributed by atoms with E-state index in [-0.39, 0.29) is 37.4 Å². The van der Waals surface area contributed by atoms with E-state index in [4.69, 9.17) is 5.73 Å². The Morgan fingerprint density at radius 3 is 2.71 bits per heavy atom. The van der Waals surface area contributed by atoms with Crippen molar-refractivity contribution in [1.29, 1.82) is 0 Å². The largest absolute Gasteiger partial charge is 0.350 e. The standard InChI is InChI=1S/C20H21N9O.ClH/c1-14(21)19-26-18(15-6-3-2-4-7-15)27-28(19)11-17(30)24-10-16-8-5-9-23-20(16)29-13-22-12-25-29;/h2-9,12-14H,10-11,21H2,1H3,(H,24,30);1H/t14-;/m0./s1. The maximum Gasteiger partial charge on any atom is 0.242 e. The summed E-state index contributed by atoms with van der Waals surface area (Å²) in [5, 5.41) is 11.5. The summed E-state index contributed by atoms with van der Waals surface area (Å²) in [5.41, 5.74) is 7.72. The van der Waals surface area contributed by atoms with Gasteiger partial charge >= 0.3 is 0 Å². The van der Waals surface area contributed by atoms with Crippen LogP contribution in [0.4, 0.5) is 0 Å². The normalized spacial score (nSPS) is 11.5. The quantitative estimate of drug-likeness (QED) is 0.448. The van der Waals surface area contributed by atoms with Crippen molar-refractivity contribution in [2.45, 2.75) is 26.1 Å². The van der Waals surface area contributed by atoms with Crippen LogP contribution in [0, 0.1) is 0 Å². The van der Waals surface area contributed by atoms with Gasteiger partial charge in [0.15, 0.2) is 11.6 Å². The summed E-state index contributed by atoms with van der Waals surface area (Å²) in [6, 6.07) is 12.9. The average Bonchev–Trinajstić information content (AvgIpc) is 3.43. The first-order valence-electron chi connectivity index (χ1n) is 9.43. The molecule has 0 spiro atoms. The van der Waals surface area contributed by atoms with Gasteiger partial charge < -0.3 is 11.1 Å². The highest BCUT2D eigenvalue weighted by atomic mass is 35.5. The molecule has 0 fully saturated rings. The van der Waals surface area contributed by atoms with E-state index >= 15 is 0 Å². The number of aromatic nitrogens is 7. The minimum Gasteiger partial charge on any atom is -0.350 e. The Hall–Kier alpha value is -3.63. The number of carbonyl (C=O) groups is 1. The molecule has 3 aromatic heterocycles. The first kappa shape index (κ1) is 22.1. The highest BCUT2D eigenvalue weighted by Crippen LogP contribution is 2.17. The van der Waals surface area contributed by atoms with Crippen molar-refractivity contribution < 1.29 is 4.79 Å². The lowest BCUT2D eigenvalue weighted by molar-refractivity contribution is -0.122. The number of halogens is 1. The molecule has 3 heterocycles. The molecule has 0 aliphatic heterocycles. The fourth-order valence-electron chi connectivity index (χ4n) is 2.99. The molecule has 0 radical (unpaired) electrons. The van der Waals surface area contributed by atoms with Gasteiger partial charge in [0.05, 0.1) is 6.04 Å². The zero-order valence-corrected chi connectivity index (χ0v) is 17.6. The third-order valence-corrected chi connectivity index (χ3v) is 4.41.